The second-order valence-electron chi connectivity index (χ2n) is 5.04. The molecule has 1 saturated heterocycles. The van der Waals surface area contributed by atoms with Crippen LogP contribution in [0.4, 0.5) is 11.4 Å². The normalized spacial score (nSPS) is 16.6. The van der Waals surface area contributed by atoms with Gasteiger partial charge in [-0.15, -0.1) is 11.6 Å². The van der Waals surface area contributed by atoms with Gasteiger partial charge in [0.05, 0.1) is 18.5 Å². The molecule has 110 valence electrons. The van der Waals surface area contributed by atoms with Crippen molar-refractivity contribution in [3.63, 3.8) is 0 Å². The maximum Gasteiger partial charge on any atom is 0.242 e. The summed E-state index contributed by atoms with van der Waals surface area (Å²) < 4.78 is 5.24. The van der Waals surface area contributed by atoms with Crippen molar-refractivity contribution in [1.29, 1.82) is 0 Å². The lowest BCUT2D eigenvalue weighted by Gasteiger charge is -2.30. The van der Waals surface area contributed by atoms with E-state index in [4.69, 9.17) is 16.3 Å². The van der Waals surface area contributed by atoms with Crippen LogP contribution in [0, 0.1) is 0 Å². The Morgan fingerprint density at radius 1 is 1.35 bits per heavy atom. The third-order valence-corrected chi connectivity index (χ3v) is 3.72. The number of alkyl halides is 1. The Balaban J connectivity index is 2.26. The van der Waals surface area contributed by atoms with E-state index >= 15 is 0 Å². The van der Waals surface area contributed by atoms with Gasteiger partial charge in [0.1, 0.15) is 11.1 Å². The number of nitrogens with one attached hydrogen (secondary N) is 1. The number of rotatable bonds is 4. The molecule has 0 saturated carbocycles. The molecule has 1 aromatic carbocycles. The predicted octanol–water partition coefficient (Wildman–Crippen LogP) is 3.25. The lowest BCUT2D eigenvalue weighted by molar-refractivity contribution is -0.115. The Labute approximate surface area is 125 Å². The van der Waals surface area contributed by atoms with E-state index in [2.05, 4.69) is 10.2 Å². The Kier molecular flexibility index (Phi) is 5.12. The zero-order valence-corrected chi connectivity index (χ0v) is 12.7. The number of amides is 1. The number of ether oxygens (including phenoxy) is 1. The number of carbonyl (C=O) groups is 1. The van der Waals surface area contributed by atoms with Gasteiger partial charge in [-0.2, -0.15) is 0 Å². The van der Waals surface area contributed by atoms with E-state index in [1.54, 1.807) is 14.0 Å². The van der Waals surface area contributed by atoms with E-state index in [0.29, 0.717) is 0 Å². The van der Waals surface area contributed by atoms with Crippen molar-refractivity contribution in [2.24, 2.45) is 0 Å². The molecule has 0 radical (unpaired) electrons. The average molecular weight is 297 g/mol. The number of hydrogen-bond acceptors (Lipinski definition) is 3. The number of hydrogen-bond donors (Lipinski definition) is 1. The fraction of sp³-hybridized carbons (Fsp3) is 0.533. The standard InChI is InChI=1S/C15H21ClN2O2/c1-11(16)15(19)17-13-10-12(20-2)6-7-14(13)18-8-4-3-5-9-18/h6-7,10-11H,3-5,8-9H2,1-2H3,(H,17,19)/t11-/m0/s1. The molecule has 0 spiro atoms. The van der Waals surface area contributed by atoms with Gasteiger partial charge in [-0.05, 0) is 38.3 Å². The van der Waals surface area contributed by atoms with Crippen molar-refractivity contribution < 1.29 is 9.53 Å². The van der Waals surface area contributed by atoms with Gasteiger partial charge in [-0.3, -0.25) is 4.79 Å². The summed E-state index contributed by atoms with van der Waals surface area (Å²) in [5.41, 5.74) is 1.81. The molecule has 1 aromatic rings. The summed E-state index contributed by atoms with van der Waals surface area (Å²) in [6.07, 6.45) is 3.64. The highest BCUT2D eigenvalue weighted by atomic mass is 35.5. The van der Waals surface area contributed by atoms with Crippen LogP contribution in [-0.2, 0) is 4.79 Å². The minimum atomic E-state index is -0.560. The summed E-state index contributed by atoms with van der Waals surface area (Å²) in [5, 5.41) is 2.33. The zero-order chi connectivity index (χ0) is 14.5. The lowest BCUT2D eigenvalue weighted by atomic mass is 10.1. The molecular formula is C15H21ClN2O2. The van der Waals surface area contributed by atoms with Gasteiger partial charge in [0, 0.05) is 19.2 Å². The summed E-state index contributed by atoms with van der Waals surface area (Å²) in [4.78, 5) is 14.1. The quantitative estimate of drug-likeness (QED) is 0.867. The molecule has 0 aliphatic carbocycles. The molecule has 0 aromatic heterocycles. The van der Waals surface area contributed by atoms with E-state index in [9.17, 15) is 4.79 Å². The van der Waals surface area contributed by atoms with Crippen LogP contribution in [0.15, 0.2) is 18.2 Å². The van der Waals surface area contributed by atoms with Crippen LogP contribution in [0.25, 0.3) is 0 Å². The number of carbonyl (C=O) groups excluding carboxylic acids is 1. The molecule has 0 bridgehead atoms. The van der Waals surface area contributed by atoms with Crippen LogP contribution >= 0.6 is 11.6 Å². The molecule has 1 aliphatic rings. The molecule has 1 fully saturated rings. The van der Waals surface area contributed by atoms with Crippen LogP contribution in [0.5, 0.6) is 5.75 Å². The van der Waals surface area contributed by atoms with Gasteiger partial charge in [0.25, 0.3) is 0 Å². The largest absolute Gasteiger partial charge is 0.497 e. The minimum Gasteiger partial charge on any atom is -0.497 e. The van der Waals surface area contributed by atoms with Crippen molar-refractivity contribution in [3.05, 3.63) is 18.2 Å². The van der Waals surface area contributed by atoms with Crippen molar-refractivity contribution in [1.82, 2.24) is 0 Å². The van der Waals surface area contributed by atoms with Crippen LogP contribution in [0.2, 0.25) is 0 Å². The summed E-state index contributed by atoms with van der Waals surface area (Å²) in [6, 6.07) is 5.77. The van der Waals surface area contributed by atoms with Gasteiger partial charge in [-0.1, -0.05) is 0 Å². The Morgan fingerprint density at radius 2 is 2.05 bits per heavy atom. The topological polar surface area (TPSA) is 41.6 Å². The second kappa shape index (κ2) is 6.84. The highest BCUT2D eigenvalue weighted by molar-refractivity contribution is 6.32. The van der Waals surface area contributed by atoms with E-state index in [0.717, 1.165) is 30.2 Å². The van der Waals surface area contributed by atoms with Crippen molar-refractivity contribution >= 4 is 28.9 Å². The molecule has 1 amide bonds. The summed E-state index contributed by atoms with van der Waals surface area (Å²) in [6.45, 7) is 3.70. The highest BCUT2D eigenvalue weighted by Gasteiger charge is 2.18. The first-order valence-corrected chi connectivity index (χ1v) is 7.43. The maximum atomic E-state index is 11.8. The van der Waals surface area contributed by atoms with Gasteiger partial charge in [-0.25, -0.2) is 0 Å². The predicted molar refractivity (Wildman–Crippen MR) is 83.0 cm³/mol. The smallest absolute Gasteiger partial charge is 0.242 e. The van der Waals surface area contributed by atoms with Gasteiger partial charge >= 0.3 is 0 Å². The number of benzene rings is 1. The first-order chi connectivity index (χ1) is 9.61. The Bertz CT molecular complexity index is 471. The van der Waals surface area contributed by atoms with Crippen LogP contribution < -0.4 is 15.0 Å². The number of anilines is 2. The molecule has 4 nitrogen and oxygen atoms in total. The van der Waals surface area contributed by atoms with Gasteiger partial charge in [0.2, 0.25) is 5.91 Å². The highest BCUT2D eigenvalue weighted by Crippen LogP contribution is 2.32. The van der Waals surface area contributed by atoms with E-state index in [1.807, 2.05) is 18.2 Å². The molecule has 1 atom stereocenters. The molecule has 20 heavy (non-hydrogen) atoms. The van der Waals surface area contributed by atoms with Crippen LogP contribution in [-0.4, -0.2) is 31.5 Å². The van der Waals surface area contributed by atoms with Gasteiger partial charge < -0.3 is 15.0 Å². The Morgan fingerprint density at radius 3 is 2.65 bits per heavy atom. The van der Waals surface area contributed by atoms with E-state index < -0.39 is 5.38 Å². The number of nitrogens with zero attached hydrogens (tertiary/aromatic N) is 1. The molecule has 1 heterocycles. The minimum absolute atomic E-state index is 0.196. The van der Waals surface area contributed by atoms with E-state index in [1.165, 1.54) is 19.3 Å². The van der Waals surface area contributed by atoms with Crippen LogP contribution in [0.1, 0.15) is 26.2 Å². The first kappa shape index (κ1) is 15.0. The fourth-order valence-electron chi connectivity index (χ4n) is 2.38. The Hall–Kier alpha value is -1.42. The maximum absolute atomic E-state index is 11.8. The number of methoxy groups -OCH3 is 1. The fourth-order valence-corrected chi connectivity index (χ4v) is 2.44. The van der Waals surface area contributed by atoms with E-state index in [-0.39, 0.29) is 5.91 Å². The van der Waals surface area contributed by atoms with Crippen LogP contribution in [0.3, 0.4) is 0 Å². The van der Waals surface area contributed by atoms with Crippen molar-refractivity contribution in [2.75, 3.05) is 30.4 Å². The molecule has 1 N–H and O–H groups in total. The van der Waals surface area contributed by atoms with Crippen molar-refractivity contribution in [2.45, 2.75) is 31.6 Å². The SMILES string of the molecule is COc1ccc(N2CCCCC2)c(NC(=O)[C@H](C)Cl)c1. The third kappa shape index (κ3) is 3.57. The molecular weight excluding hydrogens is 276 g/mol. The van der Waals surface area contributed by atoms with Gasteiger partial charge in [0.15, 0.2) is 0 Å². The zero-order valence-electron chi connectivity index (χ0n) is 12.0. The second-order valence-corrected chi connectivity index (χ2v) is 5.69. The van der Waals surface area contributed by atoms with Crippen molar-refractivity contribution in [3.8, 4) is 5.75 Å². The summed E-state index contributed by atoms with van der Waals surface area (Å²) in [5.74, 6) is 0.529. The molecule has 0 unspecified atom stereocenters. The molecule has 1 aliphatic heterocycles. The molecule has 2 rings (SSSR count). The summed E-state index contributed by atoms with van der Waals surface area (Å²) in [7, 11) is 1.62. The lowest BCUT2D eigenvalue weighted by Crippen LogP contribution is -2.31. The third-order valence-electron chi connectivity index (χ3n) is 3.52. The summed E-state index contributed by atoms with van der Waals surface area (Å²) >= 11 is 5.83. The number of piperidine rings is 1. The first-order valence-electron chi connectivity index (χ1n) is 6.99. The monoisotopic (exact) mass is 296 g/mol. The average Bonchev–Trinajstić information content (AvgIpc) is 2.48. The number of halogens is 1. The molecule has 5 heteroatoms.